The molecule has 0 heterocycles. The Morgan fingerprint density at radius 1 is 1.32 bits per heavy atom. The summed E-state index contributed by atoms with van der Waals surface area (Å²) < 4.78 is 13.3. The van der Waals surface area contributed by atoms with Crippen molar-refractivity contribution in [3.63, 3.8) is 0 Å². The number of rotatable bonds is 4. The van der Waals surface area contributed by atoms with Crippen LogP contribution < -0.4 is 11.3 Å². The fourth-order valence-corrected chi connectivity index (χ4v) is 3.15. The van der Waals surface area contributed by atoms with E-state index >= 15 is 0 Å². The predicted molar refractivity (Wildman–Crippen MR) is 77.1 cm³/mol. The first-order valence-electron chi connectivity index (χ1n) is 7.31. The molecule has 1 atom stereocenters. The van der Waals surface area contributed by atoms with Crippen molar-refractivity contribution in [2.75, 3.05) is 0 Å². The van der Waals surface area contributed by atoms with Gasteiger partial charge in [-0.1, -0.05) is 25.8 Å². The van der Waals surface area contributed by atoms with E-state index in [0.717, 1.165) is 23.5 Å². The van der Waals surface area contributed by atoms with Gasteiger partial charge in [0.05, 0.1) is 0 Å². The zero-order valence-corrected chi connectivity index (χ0v) is 12.0. The molecule has 0 spiro atoms. The highest BCUT2D eigenvalue weighted by Gasteiger charge is 2.25. The number of hydrogen-bond acceptors (Lipinski definition) is 2. The van der Waals surface area contributed by atoms with Gasteiger partial charge in [0.25, 0.3) is 0 Å². The fourth-order valence-electron chi connectivity index (χ4n) is 3.15. The predicted octanol–water partition coefficient (Wildman–Crippen LogP) is 3.33. The average Bonchev–Trinajstić information content (AvgIpc) is 2.41. The molecule has 0 aromatic heterocycles. The number of nitrogens with one attached hydrogen (secondary N) is 1. The van der Waals surface area contributed by atoms with E-state index in [2.05, 4.69) is 12.3 Å². The number of hydrogen-bond donors (Lipinski definition) is 2. The molecule has 106 valence electrons. The summed E-state index contributed by atoms with van der Waals surface area (Å²) in [5.74, 6) is 7.03. The molecule has 2 nitrogen and oxygen atoms in total. The molecule has 1 saturated carbocycles. The summed E-state index contributed by atoms with van der Waals surface area (Å²) in [6.45, 7) is 4.35. The molecular formula is C16H25FN2. The molecule has 0 saturated heterocycles. The second-order valence-corrected chi connectivity index (χ2v) is 6.07. The van der Waals surface area contributed by atoms with E-state index in [-0.39, 0.29) is 11.9 Å². The highest BCUT2D eigenvalue weighted by Crippen LogP contribution is 2.31. The van der Waals surface area contributed by atoms with Crippen LogP contribution >= 0.6 is 0 Å². The van der Waals surface area contributed by atoms with E-state index < -0.39 is 0 Å². The molecule has 3 N–H and O–H groups in total. The maximum atomic E-state index is 13.3. The third-order valence-electron chi connectivity index (χ3n) is 4.59. The first-order valence-corrected chi connectivity index (χ1v) is 7.31. The van der Waals surface area contributed by atoms with E-state index in [1.807, 2.05) is 13.0 Å². The Hall–Kier alpha value is -0.930. The van der Waals surface area contributed by atoms with Gasteiger partial charge in [0.2, 0.25) is 0 Å². The van der Waals surface area contributed by atoms with Crippen molar-refractivity contribution >= 4 is 0 Å². The summed E-state index contributed by atoms with van der Waals surface area (Å²) in [7, 11) is 0. The normalized spacial score (nSPS) is 25.3. The highest BCUT2D eigenvalue weighted by molar-refractivity contribution is 5.27. The van der Waals surface area contributed by atoms with Crippen LogP contribution in [0.15, 0.2) is 18.2 Å². The zero-order chi connectivity index (χ0) is 13.8. The number of halogens is 1. The topological polar surface area (TPSA) is 38.0 Å². The monoisotopic (exact) mass is 264 g/mol. The molecule has 1 aromatic carbocycles. The van der Waals surface area contributed by atoms with Gasteiger partial charge in [0, 0.05) is 6.04 Å². The number of aryl methyl sites for hydroxylation is 1. The molecule has 1 unspecified atom stereocenters. The van der Waals surface area contributed by atoms with Gasteiger partial charge in [-0.3, -0.25) is 11.3 Å². The van der Waals surface area contributed by atoms with Crippen molar-refractivity contribution in [2.24, 2.45) is 17.7 Å². The molecule has 0 amide bonds. The van der Waals surface area contributed by atoms with Crippen molar-refractivity contribution in [1.82, 2.24) is 5.43 Å². The Morgan fingerprint density at radius 2 is 2.00 bits per heavy atom. The maximum Gasteiger partial charge on any atom is 0.123 e. The van der Waals surface area contributed by atoms with Crippen molar-refractivity contribution in [3.8, 4) is 0 Å². The van der Waals surface area contributed by atoms with Crippen LogP contribution in [-0.2, 0) is 6.42 Å². The molecule has 1 aliphatic carbocycles. The SMILES string of the molecule is Cc1ccc(F)cc1CC(NN)C1CCC(C)CC1. The Bertz CT molecular complexity index is 411. The van der Waals surface area contributed by atoms with E-state index in [9.17, 15) is 4.39 Å². The van der Waals surface area contributed by atoms with E-state index in [4.69, 9.17) is 5.84 Å². The van der Waals surface area contributed by atoms with Crippen LogP contribution in [0, 0.1) is 24.6 Å². The largest absolute Gasteiger partial charge is 0.271 e. The summed E-state index contributed by atoms with van der Waals surface area (Å²) in [5.41, 5.74) is 5.17. The van der Waals surface area contributed by atoms with Crippen LogP contribution in [0.5, 0.6) is 0 Å². The maximum absolute atomic E-state index is 13.3. The van der Waals surface area contributed by atoms with Gasteiger partial charge < -0.3 is 0 Å². The van der Waals surface area contributed by atoms with Gasteiger partial charge >= 0.3 is 0 Å². The van der Waals surface area contributed by atoms with Gasteiger partial charge in [0.15, 0.2) is 0 Å². The second kappa shape index (κ2) is 6.49. The molecule has 0 aliphatic heterocycles. The quantitative estimate of drug-likeness (QED) is 0.646. The zero-order valence-electron chi connectivity index (χ0n) is 12.0. The van der Waals surface area contributed by atoms with Crippen molar-refractivity contribution in [2.45, 2.75) is 52.0 Å². The Kier molecular flexibility index (Phi) is 4.94. The summed E-state index contributed by atoms with van der Waals surface area (Å²) >= 11 is 0. The number of hydrazine groups is 1. The lowest BCUT2D eigenvalue weighted by Crippen LogP contribution is -2.43. The summed E-state index contributed by atoms with van der Waals surface area (Å²) in [6.07, 6.45) is 5.84. The van der Waals surface area contributed by atoms with Crippen LogP contribution in [0.2, 0.25) is 0 Å². The van der Waals surface area contributed by atoms with E-state index in [1.165, 1.54) is 31.7 Å². The molecule has 2 rings (SSSR count). The second-order valence-electron chi connectivity index (χ2n) is 6.07. The van der Waals surface area contributed by atoms with Crippen LogP contribution in [0.4, 0.5) is 4.39 Å². The van der Waals surface area contributed by atoms with Crippen LogP contribution in [0.25, 0.3) is 0 Å². The minimum absolute atomic E-state index is 0.159. The fraction of sp³-hybridized carbons (Fsp3) is 0.625. The molecule has 0 radical (unpaired) electrons. The lowest BCUT2D eigenvalue weighted by atomic mass is 9.77. The summed E-state index contributed by atoms with van der Waals surface area (Å²) in [6, 6.07) is 5.27. The van der Waals surface area contributed by atoms with Crippen LogP contribution in [0.3, 0.4) is 0 Å². The minimum Gasteiger partial charge on any atom is -0.271 e. The van der Waals surface area contributed by atoms with Crippen LogP contribution in [-0.4, -0.2) is 6.04 Å². The third kappa shape index (κ3) is 3.77. The van der Waals surface area contributed by atoms with E-state index in [0.29, 0.717) is 5.92 Å². The number of nitrogens with two attached hydrogens (primary N) is 1. The molecular weight excluding hydrogens is 239 g/mol. The van der Waals surface area contributed by atoms with Crippen molar-refractivity contribution in [1.29, 1.82) is 0 Å². The van der Waals surface area contributed by atoms with Gasteiger partial charge in [-0.2, -0.15) is 0 Å². The van der Waals surface area contributed by atoms with Gasteiger partial charge in [-0.25, -0.2) is 4.39 Å². The minimum atomic E-state index is -0.159. The average molecular weight is 264 g/mol. The van der Waals surface area contributed by atoms with Crippen molar-refractivity contribution < 1.29 is 4.39 Å². The molecule has 3 heteroatoms. The Labute approximate surface area is 115 Å². The highest BCUT2D eigenvalue weighted by atomic mass is 19.1. The Morgan fingerprint density at radius 3 is 2.63 bits per heavy atom. The molecule has 1 fully saturated rings. The van der Waals surface area contributed by atoms with Gasteiger partial charge in [-0.05, 0) is 61.3 Å². The lowest BCUT2D eigenvalue weighted by Gasteiger charge is -2.32. The summed E-state index contributed by atoms with van der Waals surface area (Å²) in [5, 5.41) is 0. The molecule has 1 aliphatic rings. The smallest absolute Gasteiger partial charge is 0.123 e. The molecule has 1 aromatic rings. The first kappa shape index (κ1) is 14.5. The Balaban J connectivity index is 2.04. The van der Waals surface area contributed by atoms with Crippen LogP contribution in [0.1, 0.15) is 43.7 Å². The standard InChI is InChI=1S/C16H25FN2/c1-11-3-6-13(7-4-11)16(19-18)10-14-9-15(17)8-5-12(14)2/h5,8-9,11,13,16,19H,3-4,6-7,10,18H2,1-2H3. The van der Waals surface area contributed by atoms with E-state index in [1.54, 1.807) is 6.07 Å². The molecule has 0 bridgehead atoms. The first-order chi connectivity index (χ1) is 9.10. The summed E-state index contributed by atoms with van der Waals surface area (Å²) in [4.78, 5) is 0. The van der Waals surface area contributed by atoms with Crippen molar-refractivity contribution in [3.05, 3.63) is 35.1 Å². The molecule has 19 heavy (non-hydrogen) atoms. The van der Waals surface area contributed by atoms with Gasteiger partial charge in [0.1, 0.15) is 5.82 Å². The lowest BCUT2D eigenvalue weighted by molar-refractivity contribution is 0.229. The third-order valence-corrected chi connectivity index (χ3v) is 4.59. The number of benzene rings is 1. The van der Waals surface area contributed by atoms with Gasteiger partial charge in [-0.15, -0.1) is 0 Å².